The number of methoxy groups -OCH3 is 3. The molecule has 0 aromatic heterocycles. The Morgan fingerprint density at radius 3 is 2.45 bits per heavy atom. The van der Waals surface area contributed by atoms with Crippen LogP contribution < -0.4 is 10.1 Å². The molecule has 4 heteroatoms. The number of ether oxygens (including phenoxy) is 3. The average molecular weight is 281 g/mol. The quantitative estimate of drug-likeness (QED) is 0.755. The number of nitrogens with one attached hydrogen (secondary N) is 1. The van der Waals surface area contributed by atoms with Crippen molar-refractivity contribution in [2.24, 2.45) is 5.92 Å². The summed E-state index contributed by atoms with van der Waals surface area (Å²) in [5.74, 6) is 1.37. The van der Waals surface area contributed by atoms with Gasteiger partial charge in [0.15, 0.2) is 0 Å². The summed E-state index contributed by atoms with van der Waals surface area (Å²) in [4.78, 5) is 0. The van der Waals surface area contributed by atoms with Crippen LogP contribution in [0.4, 0.5) is 0 Å². The Labute approximate surface area is 122 Å². The predicted octanol–water partition coefficient (Wildman–Crippen LogP) is 2.77. The largest absolute Gasteiger partial charge is 0.496 e. The van der Waals surface area contributed by atoms with Crippen molar-refractivity contribution in [2.75, 3.05) is 34.5 Å². The van der Waals surface area contributed by atoms with Gasteiger partial charge >= 0.3 is 0 Å². The summed E-state index contributed by atoms with van der Waals surface area (Å²) in [5, 5.41) is 3.53. The Kier molecular flexibility index (Phi) is 7.59. The first-order valence-corrected chi connectivity index (χ1v) is 7.00. The second-order valence-electron chi connectivity index (χ2n) is 5.19. The van der Waals surface area contributed by atoms with E-state index in [2.05, 4.69) is 31.3 Å². The second-order valence-corrected chi connectivity index (χ2v) is 5.19. The van der Waals surface area contributed by atoms with Crippen molar-refractivity contribution < 1.29 is 14.2 Å². The van der Waals surface area contributed by atoms with E-state index >= 15 is 0 Å². The van der Waals surface area contributed by atoms with E-state index in [0.717, 1.165) is 24.5 Å². The molecule has 2 unspecified atom stereocenters. The number of rotatable bonds is 9. The van der Waals surface area contributed by atoms with E-state index in [9.17, 15) is 0 Å². The molecule has 1 aromatic carbocycles. The Bertz CT molecular complexity index is 395. The highest BCUT2D eigenvalue weighted by Gasteiger charge is 2.10. The van der Waals surface area contributed by atoms with Crippen LogP contribution >= 0.6 is 0 Å². The summed E-state index contributed by atoms with van der Waals surface area (Å²) < 4.78 is 15.7. The highest BCUT2D eigenvalue weighted by Crippen LogP contribution is 2.24. The second kappa shape index (κ2) is 8.95. The van der Waals surface area contributed by atoms with E-state index in [-0.39, 0.29) is 6.04 Å². The molecule has 0 aliphatic carbocycles. The van der Waals surface area contributed by atoms with E-state index in [0.29, 0.717) is 12.5 Å². The predicted molar refractivity (Wildman–Crippen MR) is 81.2 cm³/mol. The van der Waals surface area contributed by atoms with Crippen molar-refractivity contribution >= 4 is 0 Å². The minimum absolute atomic E-state index is 0.288. The van der Waals surface area contributed by atoms with E-state index in [1.165, 1.54) is 5.56 Å². The first-order valence-electron chi connectivity index (χ1n) is 7.00. The van der Waals surface area contributed by atoms with E-state index < -0.39 is 0 Å². The molecule has 114 valence electrons. The van der Waals surface area contributed by atoms with Crippen molar-refractivity contribution in [2.45, 2.75) is 26.5 Å². The van der Waals surface area contributed by atoms with Gasteiger partial charge in [0.25, 0.3) is 0 Å². The number of hydrogen-bond donors (Lipinski definition) is 1. The highest BCUT2D eigenvalue weighted by molar-refractivity contribution is 5.38. The maximum Gasteiger partial charge on any atom is 0.124 e. The standard InChI is InChI=1S/C16H27NO3/c1-12(10-18-3)9-17-13(2)14-6-7-16(20-5)15(8-14)11-19-4/h6-8,12-13,17H,9-11H2,1-5H3. The molecule has 0 radical (unpaired) electrons. The van der Waals surface area contributed by atoms with Gasteiger partial charge in [0, 0.05) is 39.0 Å². The zero-order valence-electron chi connectivity index (χ0n) is 13.2. The summed E-state index contributed by atoms with van der Waals surface area (Å²) in [6.45, 7) is 6.60. The zero-order chi connectivity index (χ0) is 15.0. The summed E-state index contributed by atoms with van der Waals surface area (Å²) >= 11 is 0. The lowest BCUT2D eigenvalue weighted by Crippen LogP contribution is -2.26. The Hall–Kier alpha value is -1.10. The van der Waals surface area contributed by atoms with Crippen molar-refractivity contribution in [3.8, 4) is 5.75 Å². The van der Waals surface area contributed by atoms with Crippen LogP contribution in [0, 0.1) is 5.92 Å². The zero-order valence-corrected chi connectivity index (χ0v) is 13.2. The first kappa shape index (κ1) is 17.0. The van der Waals surface area contributed by atoms with Crippen LogP contribution in [0.1, 0.15) is 31.0 Å². The van der Waals surface area contributed by atoms with Crippen LogP contribution in [0.3, 0.4) is 0 Å². The lowest BCUT2D eigenvalue weighted by Gasteiger charge is -2.19. The monoisotopic (exact) mass is 281 g/mol. The van der Waals surface area contributed by atoms with Crippen LogP contribution in [-0.4, -0.2) is 34.5 Å². The molecule has 1 N–H and O–H groups in total. The van der Waals surface area contributed by atoms with Crippen molar-refractivity contribution in [1.29, 1.82) is 0 Å². The molecule has 0 saturated carbocycles. The molecule has 0 bridgehead atoms. The van der Waals surface area contributed by atoms with Gasteiger partial charge < -0.3 is 19.5 Å². The van der Waals surface area contributed by atoms with Crippen molar-refractivity contribution in [3.63, 3.8) is 0 Å². The molecule has 0 fully saturated rings. The van der Waals surface area contributed by atoms with Crippen LogP contribution in [0.2, 0.25) is 0 Å². The van der Waals surface area contributed by atoms with Gasteiger partial charge in [-0.15, -0.1) is 0 Å². The SMILES string of the molecule is COCc1cc(C(C)NCC(C)COC)ccc1OC. The molecule has 2 atom stereocenters. The molecule has 1 aromatic rings. The lowest BCUT2D eigenvalue weighted by atomic mass is 10.0. The molecule has 0 spiro atoms. The molecule has 0 aliphatic heterocycles. The molecule has 0 heterocycles. The smallest absolute Gasteiger partial charge is 0.124 e. The molecular weight excluding hydrogens is 254 g/mol. The molecule has 20 heavy (non-hydrogen) atoms. The Balaban J connectivity index is 2.67. The fourth-order valence-corrected chi connectivity index (χ4v) is 2.18. The molecule has 0 aliphatic rings. The van der Waals surface area contributed by atoms with Crippen LogP contribution in [0.25, 0.3) is 0 Å². The Morgan fingerprint density at radius 2 is 1.85 bits per heavy atom. The van der Waals surface area contributed by atoms with Crippen LogP contribution in [0.15, 0.2) is 18.2 Å². The third kappa shape index (κ3) is 5.12. The third-order valence-electron chi connectivity index (χ3n) is 3.33. The molecular formula is C16H27NO3. The minimum Gasteiger partial charge on any atom is -0.496 e. The Morgan fingerprint density at radius 1 is 1.10 bits per heavy atom. The summed E-state index contributed by atoms with van der Waals surface area (Å²) in [5.41, 5.74) is 2.31. The van der Waals surface area contributed by atoms with Crippen LogP contribution in [-0.2, 0) is 16.1 Å². The van der Waals surface area contributed by atoms with E-state index in [1.54, 1.807) is 21.3 Å². The topological polar surface area (TPSA) is 39.7 Å². The molecule has 0 amide bonds. The van der Waals surface area contributed by atoms with E-state index in [4.69, 9.17) is 14.2 Å². The molecule has 4 nitrogen and oxygen atoms in total. The van der Waals surface area contributed by atoms with Gasteiger partial charge in [-0.3, -0.25) is 0 Å². The van der Waals surface area contributed by atoms with Gasteiger partial charge in [-0.2, -0.15) is 0 Å². The maximum atomic E-state index is 5.35. The number of benzene rings is 1. The van der Waals surface area contributed by atoms with Gasteiger partial charge in [-0.05, 0) is 30.5 Å². The molecule has 1 rings (SSSR count). The van der Waals surface area contributed by atoms with Crippen molar-refractivity contribution in [1.82, 2.24) is 5.32 Å². The van der Waals surface area contributed by atoms with Gasteiger partial charge in [-0.1, -0.05) is 13.0 Å². The summed E-state index contributed by atoms with van der Waals surface area (Å²) in [6, 6.07) is 6.52. The van der Waals surface area contributed by atoms with Crippen molar-refractivity contribution in [3.05, 3.63) is 29.3 Å². The van der Waals surface area contributed by atoms with E-state index in [1.807, 2.05) is 6.07 Å². The average Bonchev–Trinajstić information content (AvgIpc) is 2.45. The summed E-state index contributed by atoms with van der Waals surface area (Å²) in [6.07, 6.45) is 0. The fourth-order valence-electron chi connectivity index (χ4n) is 2.18. The van der Waals surface area contributed by atoms with Gasteiger partial charge in [0.2, 0.25) is 0 Å². The highest BCUT2D eigenvalue weighted by atomic mass is 16.5. The lowest BCUT2D eigenvalue weighted by molar-refractivity contribution is 0.157. The number of hydrogen-bond acceptors (Lipinski definition) is 4. The first-order chi connectivity index (χ1) is 9.62. The van der Waals surface area contributed by atoms with Gasteiger partial charge in [-0.25, -0.2) is 0 Å². The third-order valence-corrected chi connectivity index (χ3v) is 3.33. The molecule has 0 saturated heterocycles. The van der Waals surface area contributed by atoms with Gasteiger partial charge in [0.1, 0.15) is 5.75 Å². The summed E-state index contributed by atoms with van der Waals surface area (Å²) in [7, 11) is 5.11. The minimum atomic E-state index is 0.288. The normalized spacial score (nSPS) is 14.1. The van der Waals surface area contributed by atoms with Gasteiger partial charge in [0.05, 0.1) is 13.7 Å². The maximum absolute atomic E-state index is 5.35. The van der Waals surface area contributed by atoms with Crippen LogP contribution in [0.5, 0.6) is 5.75 Å². The fraction of sp³-hybridized carbons (Fsp3) is 0.625.